The number of imidazole rings is 1. The summed E-state index contributed by atoms with van der Waals surface area (Å²) in [5.74, 6) is 0.601. The van der Waals surface area contributed by atoms with Crippen molar-refractivity contribution >= 4 is 40.2 Å². The van der Waals surface area contributed by atoms with Crippen molar-refractivity contribution in [1.82, 2.24) is 9.55 Å². The van der Waals surface area contributed by atoms with Gasteiger partial charge in [0, 0.05) is 16.9 Å². The van der Waals surface area contributed by atoms with E-state index < -0.39 is 5.25 Å². The molecule has 4 rings (SSSR count). The number of amides is 1. The van der Waals surface area contributed by atoms with Gasteiger partial charge in [-0.2, -0.15) is 0 Å². The number of thioether (sulfide) groups is 1. The van der Waals surface area contributed by atoms with Gasteiger partial charge in [0.05, 0.1) is 22.9 Å². The first-order valence-corrected chi connectivity index (χ1v) is 11.6. The third-order valence-electron chi connectivity index (χ3n) is 5.12. The van der Waals surface area contributed by atoms with E-state index in [0.29, 0.717) is 17.9 Å². The zero-order valence-electron chi connectivity index (χ0n) is 18.7. The number of Topliss-reactive ketones (excluding diaryl/α,β-unsaturated/α-hetero) is 1. The number of ketones is 1. The third-order valence-corrected chi connectivity index (χ3v) is 6.18. The normalized spacial score (nSPS) is 11.8. The number of fused-ring (bicyclic) bond motifs is 1. The number of aromatic nitrogens is 2. The summed E-state index contributed by atoms with van der Waals surface area (Å²) < 4.78 is 7.62. The maximum absolute atomic E-state index is 12.9. The van der Waals surface area contributed by atoms with Gasteiger partial charge >= 0.3 is 0 Å². The van der Waals surface area contributed by atoms with Crippen LogP contribution >= 0.6 is 11.8 Å². The maximum Gasteiger partial charge on any atom is 0.237 e. The van der Waals surface area contributed by atoms with Crippen LogP contribution in [0.1, 0.15) is 31.1 Å². The van der Waals surface area contributed by atoms with Gasteiger partial charge in [-0.1, -0.05) is 36.0 Å². The molecule has 0 saturated carbocycles. The second-order valence-electron chi connectivity index (χ2n) is 7.53. The maximum atomic E-state index is 12.9. The number of para-hydroxylation sites is 2. The Balaban J connectivity index is 1.60. The number of nitrogens with zero attached hydrogens (tertiary/aromatic N) is 2. The minimum absolute atomic E-state index is 0.0439. The van der Waals surface area contributed by atoms with Gasteiger partial charge < -0.3 is 10.1 Å². The van der Waals surface area contributed by atoms with E-state index in [4.69, 9.17) is 9.72 Å². The first-order valence-electron chi connectivity index (χ1n) is 10.8. The quantitative estimate of drug-likeness (QED) is 0.268. The smallest absolute Gasteiger partial charge is 0.237 e. The Hall–Kier alpha value is -3.58. The van der Waals surface area contributed by atoms with Crippen LogP contribution in [0.3, 0.4) is 0 Å². The Morgan fingerprint density at radius 1 is 1.06 bits per heavy atom. The fourth-order valence-electron chi connectivity index (χ4n) is 3.46. The van der Waals surface area contributed by atoms with Gasteiger partial charge in [0.25, 0.3) is 0 Å². The lowest BCUT2D eigenvalue weighted by molar-refractivity contribution is -0.115. The van der Waals surface area contributed by atoms with Gasteiger partial charge in [-0.25, -0.2) is 4.98 Å². The number of hydrogen-bond donors (Lipinski definition) is 1. The first kappa shape index (κ1) is 22.6. The minimum Gasteiger partial charge on any atom is -0.494 e. The highest BCUT2D eigenvalue weighted by Crippen LogP contribution is 2.31. The van der Waals surface area contributed by atoms with Crippen LogP contribution in [0.25, 0.3) is 16.7 Å². The molecule has 6 nitrogen and oxygen atoms in total. The number of benzene rings is 3. The first-order chi connectivity index (χ1) is 16.0. The lowest BCUT2D eigenvalue weighted by Crippen LogP contribution is -2.23. The molecule has 1 heterocycles. The molecule has 168 valence electrons. The molecular formula is C26H25N3O3S. The summed E-state index contributed by atoms with van der Waals surface area (Å²) in [6, 6.07) is 22.7. The average Bonchev–Trinajstić information content (AvgIpc) is 3.17. The SMILES string of the molecule is CCOc1ccc(-n2c(SC(C)C(=O)Nc3cccc(C(C)=O)c3)nc3ccccc32)cc1. The number of nitrogens with one attached hydrogen (secondary N) is 1. The number of carbonyl (C=O) groups is 2. The van der Waals surface area contributed by atoms with Crippen LogP contribution in [0.4, 0.5) is 5.69 Å². The summed E-state index contributed by atoms with van der Waals surface area (Å²) in [4.78, 5) is 29.3. The highest BCUT2D eigenvalue weighted by molar-refractivity contribution is 8.00. The number of ether oxygens (including phenoxy) is 1. The van der Waals surface area contributed by atoms with Crippen molar-refractivity contribution in [3.8, 4) is 11.4 Å². The van der Waals surface area contributed by atoms with Crippen LogP contribution in [0, 0.1) is 0 Å². The van der Waals surface area contributed by atoms with Gasteiger partial charge in [-0.15, -0.1) is 0 Å². The van der Waals surface area contributed by atoms with E-state index in [2.05, 4.69) is 9.88 Å². The molecular weight excluding hydrogens is 434 g/mol. The molecule has 3 aromatic carbocycles. The number of rotatable bonds is 8. The average molecular weight is 460 g/mol. The Kier molecular flexibility index (Phi) is 6.79. The van der Waals surface area contributed by atoms with Crippen molar-refractivity contribution in [2.24, 2.45) is 0 Å². The summed E-state index contributed by atoms with van der Waals surface area (Å²) in [7, 11) is 0. The van der Waals surface area contributed by atoms with E-state index in [1.807, 2.05) is 62.4 Å². The Morgan fingerprint density at radius 3 is 2.55 bits per heavy atom. The molecule has 4 aromatic rings. The van der Waals surface area contributed by atoms with Gasteiger partial charge in [-0.3, -0.25) is 14.2 Å². The van der Waals surface area contributed by atoms with E-state index in [1.165, 1.54) is 18.7 Å². The number of anilines is 1. The van der Waals surface area contributed by atoms with Crippen molar-refractivity contribution in [2.45, 2.75) is 31.2 Å². The molecule has 1 atom stereocenters. The minimum atomic E-state index is -0.413. The molecule has 1 amide bonds. The fraction of sp³-hybridized carbons (Fsp3) is 0.192. The zero-order chi connectivity index (χ0) is 23.4. The summed E-state index contributed by atoms with van der Waals surface area (Å²) in [6.07, 6.45) is 0. The molecule has 0 spiro atoms. The second kappa shape index (κ2) is 9.92. The van der Waals surface area contributed by atoms with Crippen molar-refractivity contribution in [3.63, 3.8) is 0 Å². The summed E-state index contributed by atoms with van der Waals surface area (Å²) in [5.41, 5.74) is 3.92. The van der Waals surface area contributed by atoms with Crippen molar-refractivity contribution in [3.05, 3.63) is 78.4 Å². The van der Waals surface area contributed by atoms with Crippen molar-refractivity contribution in [2.75, 3.05) is 11.9 Å². The van der Waals surface area contributed by atoms with E-state index in [0.717, 1.165) is 27.6 Å². The molecule has 0 aliphatic carbocycles. The molecule has 0 bridgehead atoms. The molecule has 0 radical (unpaired) electrons. The van der Waals surface area contributed by atoms with Crippen LogP contribution in [-0.4, -0.2) is 33.1 Å². The lowest BCUT2D eigenvalue weighted by Gasteiger charge is -2.14. The molecule has 0 saturated heterocycles. The molecule has 0 aliphatic heterocycles. The van der Waals surface area contributed by atoms with E-state index in [9.17, 15) is 9.59 Å². The molecule has 0 fully saturated rings. The van der Waals surface area contributed by atoms with E-state index in [-0.39, 0.29) is 11.7 Å². The van der Waals surface area contributed by atoms with Crippen LogP contribution in [0.2, 0.25) is 0 Å². The van der Waals surface area contributed by atoms with Crippen LogP contribution < -0.4 is 10.1 Å². The van der Waals surface area contributed by atoms with Gasteiger partial charge in [0.1, 0.15) is 5.75 Å². The van der Waals surface area contributed by atoms with Crippen LogP contribution in [0.15, 0.2) is 78.0 Å². The van der Waals surface area contributed by atoms with Crippen LogP contribution in [0.5, 0.6) is 5.75 Å². The third kappa shape index (κ3) is 5.09. The molecule has 0 aliphatic rings. The largest absolute Gasteiger partial charge is 0.494 e. The second-order valence-corrected chi connectivity index (χ2v) is 8.84. The molecule has 7 heteroatoms. The highest BCUT2D eigenvalue weighted by Gasteiger charge is 2.20. The monoisotopic (exact) mass is 459 g/mol. The highest BCUT2D eigenvalue weighted by atomic mass is 32.2. The predicted molar refractivity (Wildman–Crippen MR) is 133 cm³/mol. The Bertz CT molecular complexity index is 1300. The van der Waals surface area contributed by atoms with E-state index in [1.54, 1.807) is 24.3 Å². The summed E-state index contributed by atoms with van der Waals surface area (Å²) in [6.45, 7) is 5.91. The molecule has 1 unspecified atom stereocenters. The summed E-state index contributed by atoms with van der Waals surface area (Å²) in [5, 5.41) is 3.22. The standard InChI is InChI=1S/C26H25N3O3S/c1-4-32-22-14-12-21(13-15-22)29-24-11-6-5-10-23(24)28-26(29)33-18(3)25(31)27-20-9-7-8-19(16-20)17(2)30/h5-16,18H,4H2,1-3H3,(H,27,31). The van der Waals surface area contributed by atoms with Crippen molar-refractivity contribution in [1.29, 1.82) is 0 Å². The van der Waals surface area contributed by atoms with E-state index >= 15 is 0 Å². The van der Waals surface area contributed by atoms with Crippen molar-refractivity contribution < 1.29 is 14.3 Å². The Labute approximate surface area is 197 Å². The zero-order valence-corrected chi connectivity index (χ0v) is 19.6. The molecule has 1 aromatic heterocycles. The van der Waals surface area contributed by atoms with Gasteiger partial charge in [-0.05, 0) is 69.3 Å². The van der Waals surface area contributed by atoms with Gasteiger partial charge in [0.2, 0.25) is 5.91 Å². The molecule has 1 N–H and O–H groups in total. The Morgan fingerprint density at radius 2 is 1.82 bits per heavy atom. The number of carbonyl (C=O) groups excluding carboxylic acids is 2. The summed E-state index contributed by atoms with van der Waals surface area (Å²) >= 11 is 1.38. The fourth-order valence-corrected chi connectivity index (χ4v) is 4.40. The van der Waals surface area contributed by atoms with Crippen LogP contribution in [-0.2, 0) is 4.79 Å². The predicted octanol–water partition coefficient (Wildman–Crippen LogP) is 5.75. The number of hydrogen-bond acceptors (Lipinski definition) is 5. The molecule has 33 heavy (non-hydrogen) atoms. The van der Waals surface area contributed by atoms with Gasteiger partial charge in [0.15, 0.2) is 10.9 Å². The topological polar surface area (TPSA) is 73.2 Å². The lowest BCUT2D eigenvalue weighted by atomic mass is 10.1.